The van der Waals surface area contributed by atoms with Gasteiger partial charge in [-0.3, -0.25) is 15.1 Å². The van der Waals surface area contributed by atoms with Gasteiger partial charge in [-0.15, -0.1) is 0 Å². The van der Waals surface area contributed by atoms with Crippen molar-refractivity contribution < 1.29 is 29.5 Å². The molecule has 0 radical (unpaired) electrons. The second-order valence-electron chi connectivity index (χ2n) is 9.06. The maximum Gasteiger partial charge on any atom is 0.343 e. The minimum atomic E-state index is -1.11. The van der Waals surface area contributed by atoms with Gasteiger partial charge in [0.2, 0.25) is 0 Å². The Morgan fingerprint density at radius 1 is 0.900 bits per heavy atom. The number of aliphatic carboxylic acids is 1. The van der Waals surface area contributed by atoms with E-state index in [0.29, 0.717) is 27.5 Å². The fourth-order valence-corrected chi connectivity index (χ4v) is 4.44. The van der Waals surface area contributed by atoms with Gasteiger partial charge in [0.25, 0.3) is 5.69 Å². The summed E-state index contributed by atoms with van der Waals surface area (Å²) in [6, 6.07) is 23.9. The first-order chi connectivity index (χ1) is 19.2. The van der Waals surface area contributed by atoms with Crippen molar-refractivity contribution in [1.82, 2.24) is 0 Å². The summed E-state index contributed by atoms with van der Waals surface area (Å²) < 4.78 is 5.84. The molecule has 5 aromatic carbocycles. The Balaban J connectivity index is 1.72. The van der Waals surface area contributed by atoms with Crippen LogP contribution < -0.4 is 4.74 Å². The van der Waals surface area contributed by atoms with E-state index in [0.717, 1.165) is 10.8 Å². The van der Waals surface area contributed by atoms with E-state index >= 15 is 0 Å². The van der Waals surface area contributed by atoms with Crippen LogP contribution in [0.15, 0.2) is 96.0 Å². The lowest BCUT2D eigenvalue weighted by Crippen LogP contribution is -2.13. The predicted molar refractivity (Wildman–Crippen MR) is 151 cm³/mol. The number of rotatable bonds is 7. The van der Waals surface area contributed by atoms with Gasteiger partial charge >= 0.3 is 11.9 Å². The van der Waals surface area contributed by atoms with E-state index in [-0.39, 0.29) is 22.7 Å². The van der Waals surface area contributed by atoms with Crippen LogP contribution in [0, 0.1) is 10.1 Å². The molecule has 0 amide bonds. The van der Waals surface area contributed by atoms with Crippen molar-refractivity contribution in [2.75, 3.05) is 0 Å². The molecule has 0 unspecified atom stereocenters. The highest BCUT2D eigenvalue weighted by Crippen LogP contribution is 2.46. The number of carboxylic acids is 1. The lowest BCUT2D eigenvalue weighted by Gasteiger charge is -2.18. The summed E-state index contributed by atoms with van der Waals surface area (Å²) in [5.41, 5.74) is 1.08. The number of nitro groups is 1. The smallest absolute Gasteiger partial charge is 0.343 e. The molecule has 0 aliphatic heterocycles. The Hall–Kier alpha value is -5.57. The number of aromatic hydroxyl groups is 1. The first-order valence-corrected chi connectivity index (χ1v) is 12.2. The zero-order chi connectivity index (χ0) is 28.4. The van der Waals surface area contributed by atoms with Gasteiger partial charge in [-0.2, -0.15) is 0 Å². The Kier molecular flexibility index (Phi) is 6.94. The molecule has 40 heavy (non-hydrogen) atoms. The number of carboxylic acid groups (broad SMARTS) is 1. The Morgan fingerprint density at radius 2 is 1.52 bits per heavy atom. The third kappa shape index (κ3) is 4.95. The molecule has 198 valence electrons. The first-order valence-electron chi connectivity index (χ1n) is 12.2. The van der Waals surface area contributed by atoms with Gasteiger partial charge in [-0.25, -0.2) is 9.59 Å². The summed E-state index contributed by atoms with van der Waals surface area (Å²) >= 11 is 0. The van der Waals surface area contributed by atoms with Gasteiger partial charge in [0, 0.05) is 35.0 Å². The van der Waals surface area contributed by atoms with Crippen LogP contribution in [0.5, 0.6) is 11.5 Å². The molecule has 0 spiro atoms. The van der Waals surface area contributed by atoms with E-state index in [4.69, 9.17) is 4.74 Å². The van der Waals surface area contributed by atoms with Crippen LogP contribution >= 0.6 is 0 Å². The minimum Gasteiger partial charge on any atom is -0.507 e. The van der Waals surface area contributed by atoms with Gasteiger partial charge in [-0.1, -0.05) is 54.6 Å². The summed E-state index contributed by atoms with van der Waals surface area (Å²) in [5.74, 6) is -1.84. The molecule has 9 heteroatoms. The average molecular weight is 535 g/mol. The largest absolute Gasteiger partial charge is 0.507 e. The van der Waals surface area contributed by atoms with Gasteiger partial charge in [-0.05, 0) is 52.7 Å². The standard InChI is InChI=1S/C31H22N2O7/c1-18(30(35)36)32-17-22-16-21-7-3-5-9-25(21)28(29(22)34)27-24-8-4-2-6-19(24)12-15-26(27)40-31(37)20-10-13-23(14-11-20)33(38)39/h2-18,34H,1H3,(H,35,36)/t18-/m1/s1. The molecule has 0 aliphatic rings. The molecule has 0 heterocycles. The van der Waals surface area contributed by atoms with Gasteiger partial charge in [0.15, 0.2) is 0 Å². The number of nitro benzene ring substituents is 1. The number of non-ortho nitro benzene ring substituents is 1. The van der Waals surface area contributed by atoms with Crippen LogP contribution in [0.3, 0.4) is 0 Å². The van der Waals surface area contributed by atoms with E-state index in [9.17, 15) is 29.9 Å². The van der Waals surface area contributed by atoms with Crippen molar-refractivity contribution in [2.45, 2.75) is 13.0 Å². The highest BCUT2D eigenvalue weighted by molar-refractivity contribution is 6.13. The third-order valence-corrected chi connectivity index (χ3v) is 6.50. The number of aliphatic imine (C=N–C) groups is 1. The zero-order valence-corrected chi connectivity index (χ0v) is 21.1. The molecule has 0 aromatic heterocycles. The quantitative estimate of drug-likeness (QED) is 0.0811. The minimum absolute atomic E-state index is 0.113. The molecule has 5 rings (SSSR count). The maximum absolute atomic E-state index is 13.1. The van der Waals surface area contributed by atoms with Crippen LogP contribution in [0.2, 0.25) is 0 Å². The number of esters is 1. The zero-order valence-electron chi connectivity index (χ0n) is 21.1. The molecule has 5 aromatic rings. The predicted octanol–water partition coefficient (Wildman–Crippen LogP) is 6.39. The second kappa shape index (κ2) is 10.7. The highest BCUT2D eigenvalue weighted by atomic mass is 16.6. The van der Waals surface area contributed by atoms with Gasteiger partial charge in [0.1, 0.15) is 17.5 Å². The molecule has 0 fully saturated rings. The fraction of sp³-hybridized carbons (Fsp3) is 0.0645. The molecule has 9 nitrogen and oxygen atoms in total. The SMILES string of the molecule is C[C@@H](N=Cc1cc2ccccc2c(-c2c(OC(=O)c3ccc([N+](=O)[O-])cc3)ccc3ccccc23)c1O)C(=O)O. The van der Waals surface area contributed by atoms with Crippen molar-refractivity contribution in [3.05, 3.63) is 112 Å². The highest BCUT2D eigenvalue weighted by Gasteiger charge is 2.22. The van der Waals surface area contributed by atoms with Crippen molar-refractivity contribution in [2.24, 2.45) is 4.99 Å². The number of hydrogen-bond donors (Lipinski definition) is 2. The van der Waals surface area contributed by atoms with E-state index in [1.54, 1.807) is 18.2 Å². The number of hydrogen-bond acceptors (Lipinski definition) is 7. The number of fused-ring (bicyclic) bond motifs is 2. The molecule has 0 aliphatic carbocycles. The van der Waals surface area contributed by atoms with Gasteiger partial charge in [0.05, 0.1) is 10.5 Å². The Morgan fingerprint density at radius 3 is 2.17 bits per heavy atom. The van der Waals surface area contributed by atoms with E-state index < -0.39 is 22.9 Å². The third-order valence-electron chi connectivity index (χ3n) is 6.50. The normalized spacial score (nSPS) is 12.0. The van der Waals surface area contributed by atoms with Crippen LogP contribution in [0.4, 0.5) is 5.69 Å². The van der Waals surface area contributed by atoms with Crippen LogP contribution in [0.25, 0.3) is 32.7 Å². The lowest BCUT2D eigenvalue weighted by molar-refractivity contribution is -0.384. The second-order valence-corrected chi connectivity index (χ2v) is 9.06. The summed E-state index contributed by atoms with van der Waals surface area (Å²) in [6.07, 6.45) is 1.32. The fourth-order valence-electron chi connectivity index (χ4n) is 4.44. The molecule has 1 atom stereocenters. The average Bonchev–Trinajstić information content (AvgIpc) is 2.96. The van der Waals surface area contributed by atoms with Crippen molar-refractivity contribution in [3.8, 4) is 22.6 Å². The van der Waals surface area contributed by atoms with Crippen LogP contribution in [-0.2, 0) is 4.79 Å². The van der Waals surface area contributed by atoms with Crippen molar-refractivity contribution in [3.63, 3.8) is 0 Å². The number of carbonyl (C=O) groups excluding carboxylic acids is 1. The summed E-state index contributed by atoms with van der Waals surface area (Å²) in [7, 11) is 0. The molecule has 2 N–H and O–H groups in total. The first kappa shape index (κ1) is 26.1. The molecule has 0 saturated carbocycles. The molecule has 0 bridgehead atoms. The van der Waals surface area contributed by atoms with E-state index in [1.807, 2.05) is 48.5 Å². The monoisotopic (exact) mass is 534 g/mol. The lowest BCUT2D eigenvalue weighted by atomic mass is 9.90. The number of phenols is 1. The van der Waals surface area contributed by atoms with E-state index in [1.165, 1.54) is 37.4 Å². The number of carbonyl (C=O) groups is 2. The Bertz CT molecular complexity index is 1830. The Labute approximate surface area is 227 Å². The molecule has 0 saturated heterocycles. The number of phenolic OH excluding ortho intramolecular Hbond substituents is 1. The summed E-state index contributed by atoms with van der Waals surface area (Å²) in [5, 5.41) is 34.8. The van der Waals surface area contributed by atoms with Gasteiger partial charge < -0.3 is 14.9 Å². The maximum atomic E-state index is 13.1. The van der Waals surface area contributed by atoms with E-state index in [2.05, 4.69) is 4.99 Å². The number of benzene rings is 5. The number of nitrogens with zero attached hydrogens (tertiary/aromatic N) is 2. The summed E-state index contributed by atoms with van der Waals surface area (Å²) in [6.45, 7) is 1.43. The van der Waals surface area contributed by atoms with Crippen molar-refractivity contribution >= 4 is 45.4 Å². The van der Waals surface area contributed by atoms with Crippen LogP contribution in [-0.4, -0.2) is 39.3 Å². The topological polar surface area (TPSA) is 139 Å². The van der Waals surface area contributed by atoms with Crippen molar-refractivity contribution in [1.29, 1.82) is 0 Å². The molecular formula is C31H22N2O7. The summed E-state index contributed by atoms with van der Waals surface area (Å²) in [4.78, 5) is 39.0. The number of ether oxygens (including phenoxy) is 1. The molecular weight excluding hydrogens is 512 g/mol. The van der Waals surface area contributed by atoms with Crippen LogP contribution in [0.1, 0.15) is 22.8 Å².